The number of halogens is 2. The molecule has 1 heterocycles. The molecule has 0 spiro atoms. The van der Waals surface area contributed by atoms with Crippen LogP contribution < -0.4 is 19.8 Å². The molecule has 0 aliphatic carbocycles. The summed E-state index contributed by atoms with van der Waals surface area (Å²) >= 11 is 6.86. The van der Waals surface area contributed by atoms with Crippen molar-refractivity contribution in [1.82, 2.24) is 0 Å². The smallest absolute Gasteiger partial charge is 0.372 e. The minimum Gasteiger partial charge on any atom is -0.494 e. The molecule has 0 atom stereocenters. The van der Waals surface area contributed by atoms with E-state index in [-0.39, 0.29) is 10.9 Å². The molecular formula is C21H18Br2O7. The van der Waals surface area contributed by atoms with Crippen LogP contribution in [-0.4, -0.2) is 31.4 Å². The molecule has 1 N–H and O–H groups in total. The van der Waals surface area contributed by atoms with Gasteiger partial charge < -0.3 is 23.7 Å². The molecule has 9 heteroatoms. The lowest BCUT2D eigenvalue weighted by Gasteiger charge is -2.16. The minimum atomic E-state index is -1.36. The lowest BCUT2D eigenvalue weighted by Crippen LogP contribution is -2.10. The summed E-state index contributed by atoms with van der Waals surface area (Å²) in [5, 5.41) is 10.3. The van der Waals surface area contributed by atoms with E-state index < -0.39 is 17.4 Å². The van der Waals surface area contributed by atoms with Gasteiger partial charge in [-0.25, -0.2) is 9.59 Å². The number of hydrogen-bond donors (Lipinski definition) is 1. The third-order valence-corrected chi connectivity index (χ3v) is 5.46. The predicted molar refractivity (Wildman–Crippen MR) is 119 cm³/mol. The zero-order valence-electron chi connectivity index (χ0n) is 16.4. The largest absolute Gasteiger partial charge is 0.494 e. The van der Waals surface area contributed by atoms with Crippen molar-refractivity contribution in [2.24, 2.45) is 0 Å². The van der Waals surface area contributed by atoms with Gasteiger partial charge in [0.2, 0.25) is 5.76 Å². The van der Waals surface area contributed by atoms with Crippen molar-refractivity contribution in [2.75, 3.05) is 20.3 Å². The first-order chi connectivity index (χ1) is 14.3. The van der Waals surface area contributed by atoms with Crippen molar-refractivity contribution in [2.45, 2.75) is 13.8 Å². The summed E-state index contributed by atoms with van der Waals surface area (Å²) in [4.78, 5) is 24.5. The maximum absolute atomic E-state index is 12.6. The van der Waals surface area contributed by atoms with Crippen LogP contribution >= 0.6 is 31.9 Å². The van der Waals surface area contributed by atoms with Crippen LogP contribution in [0.5, 0.6) is 17.2 Å². The van der Waals surface area contributed by atoms with E-state index in [4.69, 9.17) is 18.6 Å². The Morgan fingerprint density at radius 3 is 2.00 bits per heavy atom. The highest BCUT2D eigenvalue weighted by Crippen LogP contribution is 2.42. The first-order valence-corrected chi connectivity index (χ1v) is 10.6. The SMILES string of the molecule is CCOc1cc2c(-c3cc(Br)c(OC)c(Br)c3)c(C(=O)O)oc(=O)c2cc1OCC. The average molecular weight is 542 g/mol. The zero-order chi connectivity index (χ0) is 22.0. The second-order valence-corrected chi connectivity index (χ2v) is 7.79. The van der Waals surface area contributed by atoms with Crippen LogP contribution in [0.1, 0.15) is 24.4 Å². The van der Waals surface area contributed by atoms with Crippen LogP contribution in [0.4, 0.5) is 0 Å². The summed E-state index contributed by atoms with van der Waals surface area (Å²) in [6, 6.07) is 6.51. The first kappa shape index (κ1) is 22.2. The number of carboxylic acids is 1. The molecule has 0 aliphatic heterocycles. The van der Waals surface area contributed by atoms with E-state index >= 15 is 0 Å². The van der Waals surface area contributed by atoms with E-state index in [0.29, 0.717) is 50.4 Å². The Labute approximate surface area is 188 Å². The van der Waals surface area contributed by atoms with Crippen LogP contribution in [0.15, 0.2) is 42.4 Å². The summed E-state index contributed by atoms with van der Waals surface area (Å²) in [5.41, 5.74) is -0.0285. The van der Waals surface area contributed by atoms with E-state index in [2.05, 4.69) is 31.9 Å². The van der Waals surface area contributed by atoms with Crippen molar-refractivity contribution in [3.05, 3.63) is 49.4 Å². The topological polar surface area (TPSA) is 95.2 Å². The third-order valence-electron chi connectivity index (χ3n) is 4.28. The van der Waals surface area contributed by atoms with Crippen molar-refractivity contribution >= 4 is 48.6 Å². The molecule has 0 radical (unpaired) electrons. The molecule has 0 bridgehead atoms. The highest BCUT2D eigenvalue weighted by molar-refractivity contribution is 9.11. The molecule has 158 valence electrons. The Kier molecular flexibility index (Phi) is 6.72. The number of benzene rings is 2. The van der Waals surface area contributed by atoms with Crippen molar-refractivity contribution in [1.29, 1.82) is 0 Å². The highest BCUT2D eigenvalue weighted by Gasteiger charge is 2.24. The molecule has 3 aromatic rings. The average Bonchev–Trinajstić information content (AvgIpc) is 2.68. The number of hydrogen-bond acceptors (Lipinski definition) is 6. The molecule has 0 aliphatic rings. The first-order valence-electron chi connectivity index (χ1n) is 8.99. The number of rotatable bonds is 7. The Morgan fingerprint density at radius 2 is 1.53 bits per heavy atom. The molecule has 0 unspecified atom stereocenters. The van der Waals surface area contributed by atoms with Crippen molar-refractivity contribution in [3.63, 3.8) is 0 Å². The fourth-order valence-electron chi connectivity index (χ4n) is 3.13. The normalized spacial score (nSPS) is 10.8. The number of ether oxygens (including phenoxy) is 3. The standard InChI is InChI=1S/C21H18Br2O7/c1-4-28-15-8-11-12(9-16(15)29-5-2)21(26)30-19(20(24)25)17(11)10-6-13(22)18(27-3)14(23)7-10/h6-9H,4-5H2,1-3H3,(H,24,25). The quantitative estimate of drug-likeness (QED) is 0.422. The van der Waals surface area contributed by atoms with Crippen LogP contribution in [0.2, 0.25) is 0 Å². The lowest BCUT2D eigenvalue weighted by molar-refractivity contribution is 0.0659. The zero-order valence-corrected chi connectivity index (χ0v) is 19.5. The monoisotopic (exact) mass is 540 g/mol. The number of fused-ring (bicyclic) bond motifs is 1. The van der Waals surface area contributed by atoms with Gasteiger partial charge in [-0.3, -0.25) is 0 Å². The van der Waals surface area contributed by atoms with Gasteiger partial charge in [0.05, 0.1) is 34.7 Å². The molecule has 0 fully saturated rings. The van der Waals surface area contributed by atoms with Crippen LogP contribution in [0.3, 0.4) is 0 Å². The van der Waals surface area contributed by atoms with E-state index in [0.717, 1.165) is 0 Å². The molecule has 30 heavy (non-hydrogen) atoms. The van der Waals surface area contributed by atoms with Gasteiger partial charge in [-0.1, -0.05) is 0 Å². The molecule has 0 amide bonds. The minimum absolute atomic E-state index is 0.185. The molecule has 0 saturated heterocycles. The number of carbonyl (C=O) groups is 1. The molecule has 7 nitrogen and oxygen atoms in total. The third kappa shape index (κ3) is 4.04. The highest BCUT2D eigenvalue weighted by atomic mass is 79.9. The molecule has 0 saturated carbocycles. The van der Waals surface area contributed by atoms with Crippen LogP contribution in [-0.2, 0) is 0 Å². The Balaban J connectivity index is 2.46. The van der Waals surface area contributed by atoms with Gasteiger partial charge >= 0.3 is 11.6 Å². The van der Waals surface area contributed by atoms with Gasteiger partial charge in [0, 0.05) is 10.9 Å². The number of carboxylic acid groups (broad SMARTS) is 1. The van der Waals surface area contributed by atoms with Gasteiger partial charge in [0.15, 0.2) is 11.5 Å². The van der Waals surface area contributed by atoms with Crippen LogP contribution in [0.25, 0.3) is 21.9 Å². The van der Waals surface area contributed by atoms with E-state index in [9.17, 15) is 14.7 Å². The predicted octanol–water partition coefficient (Wildman–Crippen LogP) is 5.49. The van der Waals surface area contributed by atoms with Gasteiger partial charge in [-0.05, 0) is 75.5 Å². The Bertz CT molecular complexity index is 1160. The second kappa shape index (κ2) is 9.09. The maximum atomic E-state index is 12.6. The van der Waals surface area contributed by atoms with Gasteiger partial charge in [0.25, 0.3) is 0 Å². The maximum Gasteiger partial charge on any atom is 0.372 e. The fourth-order valence-corrected chi connectivity index (χ4v) is 4.64. The summed E-state index contributed by atoms with van der Waals surface area (Å²) in [5.74, 6) is -0.500. The van der Waals surface area contributed by atoms with Crippen molar-refractivity contribution < 1.29 is 28.5 Å². The summed E-state index contributed by atoms with van der Waals surface area (Å²) < 4.78 is 23.0. The fraction of sp³-hybridized carbons (Fsp3) is 0.238. The Hall–Kier alpha value is -2.52. The number of aromatic carboxylic acids is 1. The Morgan fingerprint density at radius 1 is 1.00 bits per heavy atom. The lowest BCUT2D eigenvalue weighted by atomic mass is 9.97. The summed E-state index contributed by atoms with van der Waals surface area (Å²) in [6.45, 7) is 4.37. The van der Waals surface area contributed by atoms with E-state index in [1.54, 1.807) is 18.2 Å². The molecular weight excluding hydrogens is 524 g/mol. The van der Waals surface area contributed by atoms with Crippen LogP contribution in [0, 0.1) is 0 Å². The van der Waals surface area contributed by atoms with Gasteiger partial charge in [0.1, 0.15) is 5.75 Å². The summed E-state index contributed by atoms with van der Waals surface area (Å²) in [7, 11) is 1.52. The molecule has 3 rings (SSSR count). The van der Waals surface area contributed by atoms with Gasteiger partial charge in [-0.2, -0.15) is 0 Å². The number of methoxy groups -OCH3 is 1. The summed E-state index contributed by atoms with van der Waals surface area (Å²) in [6.07, 6.45) is 0. The molecule has 1 aromatic heterocycles. The second-order valence-electron chi connectivity index (χ2n) is 6.08. The van der Waals surface area contributed by atoms with Gasteiger partial charge in [-0.15, -0.1) is 0 Å². The van der Waals surface area contributed by atoms with E-state index in [1.165, 1.54) is 13.2 Å². The van der Waals surface area contributed by atoms with E-state index in [1.807, 2.05) is 13.8 Å². The van der Waals surface area contributed by atoms with Crippen molar-refractivity contribution in [3.8, 4) is 28.4 Å². The molecule has 2 aromatic carbocycles.